The molecule has 0 unspecified atom stereocenters. The summed E-state index contributed by atoms with van der Waals surface area (Å²) in [5, 5.41) is 0. The predicted octanol–water partition coefficient (Wildman–Crippen LogP) is 2.19. The average molecular weight is 156 g/mol. The van der Waals surface area contributed by atoms with Crippen molar-refractivity contribution in [2.24, 2.45) is 16.6 Å². The first-order valence-corrected chi connectivity index (χ1v) is 4.24. The van der Waals surface area contributed by atoms with Gasteiger partial charge in [-0.25, -0.2) is 0 Å². The molecular weight excluding hydrogens is 136 g/mol. The van der Waals surface area contributed by atoms with Crippen LogP contribution in [0.15, 0.2) is 4.99 Å². The molecule has 0 aliphatic rings. The number of amidine groups is 1. The Kier molecular flexibility index (Phi) is 3.56. The van der Waals surface area contributed by atoms with Crippen LogP contribution in [-0.4, -0.2) is 11.4 Å². The zero-order valence-corrected chi connectivity index (χ0v) is 8.31. The molecule has 2 heteroatoms. The van der Waals surface area contributed by atoms with Crippen LogP contribution in [0.3, 0.4) is 0 Å². The molecule has 0 aromatic heterocycles. The van der Waals surface area contributed by atoms with Crippen LogP contribution in [-0.2, 0) is 0 Å². The Balaban J connectivity index is 4.29. The molecule has 0 aliphatic carbocycles. The van der Waals surface area contributed by atoms with E-state index < -0.39 is 0 Å². The lowest BCUT2D eigenvalue weighted by atomic mass is 10.0. The lowest BCUT2D eigenvalue weighted by molar-refractivity contribution is 0.500. The maximum absolute atomic E-state index is 5.73. The molecule has 0 rings (SSSR count). The van der Waals surface area contributed by atoms with E-state index in [-0.39, 0.29) is 5.54 Å². The Hall–Kier alpha value is -0.530. The molecule has 0 saturated carbocycles. The quantitative estimate of drug-likeness (QED) is 0.493. The Morgan fingerprint density at radius 3 is 2.18 bits per heavy atom. The molecule has 0 atom stereocenters. The van der Waals surface area contributed by atoms with E-state index in [1.165, 1.54) is 0 Å². The van der Waals surface area contributed by atoms with Crippen molar-refractivity contribution >= 4 is 5.84 Å². The second kappa shape index (κ2) is 3.74. The van der Waals surface area contributed by atoms with Crippen molar-refractivity contribution in [1.29, 1.82) is 0 Å². The summed E-state index contributed by atoms with van der Waals surface area (Å²) in [5.74, 6) is 1.12. The van der Waals surface area contributed by atoms with Crippen molar-refractivity contribution in [3.8, 4) is 0 Å². The van der Waals surface area contributed by atoms with Gasteiger partial charge in [-0.3, -0.25) is 4.99 Å². The first-order valence-electron chi connectivity index (χ1n) is 4.24. The Bertz CT molecular complexity index is 146. The van der Waals surface area contributed by atoms with E-state index in [0.29, 0.717) is 5.92 Å². The summed E-state index contributed by atoms with van der Waals surface area (Å²) in [7, 11) is 0. The fourth-order valence-corrected chi connectivity index (χ4v) is 0.558. The van der Waals surface area contributed by atoms with E-state index in [1.54, 1.807) is 0 Å². The van der Waals surface area contributed by atoms with Crippen LogP contribution in [0.1, 0.15) is 41.0 Å². The van der Waals surface area contributed by atoms with Crippen LogP contribution in [0.4, 0.5) is 0 Å². The summed E-state index contributed by atoms with van der Waals surface area (Å²) in [5.41, 5.74) is 5.74. The molecule has 0 radical (unpaired) electrons. The summed E-state index contributed by atoms with van der Waals surface area (Å²) in [4.78, 5) is 4.42. The number of hydrogen-bond donors (Lipinski definition) is 1. The van der Waals surface area contributed by atoms with Gasteiger partial charge >= 0.3 is 0 Å². The smallest absolute Gasteiger partial charge is 0.0969 e. The first kappa shape index (κ1) is 10.5. The van der Waals surface area contributed by atoms with E-state index >= 15 is 0 Å². The van der Waals surface area contributed by atoms with E-state index in [2.05, 4.69) is 39.6 Å². The third-order valence-electron chi connectivity index (χ3n) is 1.89. The highest BCUT2D eigenvalue weighted by atomic mass is 14.9. The van der Waals surface area contributed by atoms with Gasteiger partial charge in [0.2, 0.25) is 0 Å². The van der Waals surface area contributed by atoms with Gasteiger partial charge in [0.05, 0.1) is 11.4 Å². The van der Waals surface area contributed by atoms with Crippen LogP contribution < -0.4 is 5.73 Å². The molecule has 11 heavy (non-hydrogen) atoms. The molecule has 0 saturated heterocycles. The SMILES string of the molecule is CCC(C)(C)N=C(N)C(C)C. The molecule has 2 nitrogen and oxygen atoms in total. The van der Waals surface area contributed by atoms with Gasteiger partial charge in [0, 0.05) is 5.92 Å². The molecule has 0 amide bonds. The van der Waals surface area contributed by atoms with Crippen LogP contribution >= 0.6 is 0 Å². The number of nitrogens with two attached hydrogens (primary N) is 1. The normalized spacial score (nSPS) is 14.2. The third-order valence-corrected chi connectivity index (χ3v) is 1.89. The molecular formula is C9H20N2. The molecule has 0 spiro atoms. The zero-order chi connectivity index (χ0) is 9.07. The fraction of sp³-hybridized carbons (Fsp3) is 0.889. The van der Waals surface area contributed by atoms with Gasteiger partial charge in [-0.15, -0.1) is 0 Å². The van der Waals surface area contributed by atoms with Crippen molar-refractivity contribution in [2.45, 2.75) is 46.6 Å². The summed E-state index contributed by atoms with van der Waals surface area (Å²) >= 11 is 0. The van der Waals surface area contributed by atoms with E-state index in [4.69, 9.17) is 5.73 Å². The maximum Gasteiger partial charge on any atom is 0.0969 e. The van der Waals surface area contributed by atoms with Gasteiger partial charge < -0.3 is 5.73 Å². The molecule has 0 aromatic rings. The van der Waals surface area contributed by atoms with Crippen molar-refractivity contribution in [3.05, 3.63) is 0 Å². The second-order valence-corrected chi connectivity index (χ2v) is 3.86. The summed E-state index contributed by atoms with van der Waals surface area (Å²) in [6.45, 7) is 10.4. The third kappa shape index (κ3) is 4.02. The Morgan fingerprint density at radius 1 is 1.45 bits per heavy atom. The molecule has 0 bridgehead atoms. The zero-order valence-electron chi connectivity index (χ0n) is 8.31. The molecule has 0 fully saturated rings. The van der Waals surface area contributed by atoms with E-state index in [9.17, 15) is 0 Å². The van der Waals surface area contributed by atoms with Crippen molar-refractivity contribution in [3.63, 3.8) is 0 Å². The molecule has 66 valence electrons. The standard InChI is InChI=1S/C9H20N2/c1-6-9(4,5)11-8(10)7(2)3/h7H,6H2,1-5H3,(H2,10,11). The summed E-state index contributed by atoms with van der Waals surface area (Å²) in [6.07, 6.45) is 1.03. The Morgan fingerprint density at radius 2 is 1.91 bits per heavy atom. The predicted molar refractivity (Wildman–Crippen MR) is 50.8 cm³/mol. The van der Waals surface area contributed by atoms with Crippen molar-refractivity contribution in [2.75, 3.05) is 0 Å². The van der Waals surface area contributed by atoms with Crippen molar-refractivity contribution in [1.82, 2.24) is 0 Å². The minimum Gasteiger partial charge on any atom is -0.387 e. The van der Waals surface area contributed by atoms with Crippen molar-refractivity contribution < 1.29 is 0 Å². The van der Waals surface area contributed by atoms with Gasteiger partial charge in [0.15, 0.2) is 0 Å². The second-order valence-electron chi connectivity index (χ2n) is 3.86. The Labute approximate surface area is 69.9 Å². The first-order chi connectivity index (χ1) is 4.89. The fourth-order valence-electron chi connectivity index (χ4n) is 0.558. The number of rotatable bonds is 3. The van der Waals surface area contributed by atoms with Crippen LogP contribution in [0.25, 0.3) is 0 Å². The molecule has 2 N–H and O–H groups in total. The van der Waals surface area contributed by atoms with Gasteiger partial charge in [0.25, 0.3) is 0 Å². The minimum absolute atomic E-state index is 0.00829. The van der Waals surface area contributed by atoms with Crippen LogP contribution in [0.5, 0.6) is 0 Å². The lowest BCUT2D eigenvalue weighted by Gasteiger charge is -2.19. The van der Waals surface area contributed by atoms with E-state index in [1.807, 2.05) is 0 Å². The molecule has 0 aromatic carbocycles. The van der Waals surface area contributed by atoms with Gasteiger partial charge in [-0.2, -0.15) is 0 Å². The number of hydrogen-bond acceptors (Lipinski definition) is 1. The average Bonchev–Trinajstić information content (AvgIpc) is 1.87. The minimum atomic E-state index is 0.00829. The van der Waals surface area contributed by atoms with Gasteiger partial charge in [-0.05, 0) is 20.3 Å². The molecule has 0 aliphatic heterocycles. The van der Waals surface area contributed by atoms with Gasteiger partial charge in [0.1, 0.15) is 0 Å². The summed E-state index contributed by atoms with van der Waals surface area (Å²) < 4.78 is 0. The highest BCUT2D eigenvalue weighted by Crippen LogP contribution is 2.14. The number of aliphatic imine (C=N–C) groups is 1. The van der Waals surface area contributed by atoms with E-state index in [0.717, 1.165) is 12.3 Å². The van der Waals surface area contributed by atoms with Gasteiger partial charge in [-0.1, -0.05) is 20.8 Å². The lowest BCUT2D eigenvalue weighted by Crippen LogP contribution is -2.26. The number of nitrogens with zero attached hydrogens (tertiary/aromatic N) is 1. The topological polar surface area (TPSA) is 38.4 Å². The highest BCUT2D eigenvalue weighted by molar-refractivity contribution is 5.82. The van der Waals surface area contributed by atoms with Crippen LogP contribution in [0.2, 0.25) is 0 Å². The largest absolute Gasteiger partial charge is 0.387 e. The highest BCUT2D eigenvalue weighted by Gasteiger charge is 2.13. The molecule has 0 heterocycles. The maximum atomic E-state index is 5.73. The monoisotopic (exact) mass is 156 g/mol. The van der Waals surface area contributed by atoms with Crippen LogP contribution in [0, 0.1) is 5.92 Å². The summed E-state index contributed by atoms with van der Waals surface area (Å²) in [6, 6.07) is 0.